The molecule has 5 heterocycles. The van der Waals surface area contributed by atoms with Gasteiger partial charge in [-0.25, -0.2) is 4.98 Å². The van der Waals surface area contributed by atoms with Crippen LogP contribution in [-0.2, 0) is 13.0 Å². The average Bonchev–Trinajstić information content (AvgIpc) is 3.55. The van der Waals surface area contributed by atoms with Crippen molar-refractivity contribution in [2.75, 3.05) is 52.2 Å². The minimum absolute atomic E-state index is 0.302. The molecule has 0 spiro atoms. The second kappa shape index (κ2) is 9.51. The molecule has 0 radical (unpaired) electrons. The van der Waals surface area contributed by atoms with E-state index in [9.17, 15) is 4.79 Å². The number of ether oxygens (including phenoxy) is 1. The van der Waals surface area contributed by atoms with Crippen molar-refractivity contribution >= 4 is 11.7 Å². The summed E-state index contributed by atoms with van der Waals surface area (Å²) in [5.41, 5.74) is 1.06. The highest BCUT2D eigenvalue weighted by Crippen LogP contribution is 2.30. The van der Waals surface area contributed by atoms with Crippen molar-refractivity contribution in [1.82, 2.24) is 39.3 Å². The zero-order valence-electron chi connectivity index (χ0n) is 19.9. The highest BCUT2D eigenvalue weighted by Gasteiger charge is 2.25. The number of hydrogen-bond donors (Lipinski definition) is 1. The quantitative estimate of drug-likeness (QED) is 0.560. The Morgan fingerprint density at radius 3 is 2.79 bits per heavy atom. The van der Waals surface area contributed by atoms with Crippen LogP contribution in [0.5, 0.6) is 5.88 Å². The second-order valence-electron chi connectivity index (χ2n) is 9.02. The monoisotopic (exact) mass is 465 g/mol. The number of nitrogens with one attached hydrogen (secondary N) is 1. The Hall–Kier alpha value is -3.31. The number of carbonyl (C=O) groups is 1. The molecule has 1 fully saturated rings. The number of anilines is 1. The van der Waals surface area contributed by atoms with E-state index in [1.807, 2.05) is 12.1 Å². The van der Waals surface area contributed by atoms with Gasteiger partial charge in [-0.3, -0.25) is 14.4 Å². The van der Waals surface area contributed by atoms with Gasteiger partial charge in [-0.2, -0.15) is 0 Å². The maximum Gasteiger partial charge on any atom is 0.263 e. The lowest BCUT2D eigenvalue weighted by atomic mass is 10.2. The summed E-state index contributed by atoms with van der Waals surface area (Å²) in [5.74, 6) is 2.14. The number of hydrogen-bond acceptors (Lipinski definition) is 8. The minimum atomic E-state index is -0.313. The van der Waals surface area contributed by atoms with Gasteiger partial charge >= 0.3 is 0 Å². The molecule has 11 nitrogen and oxygen atoms in total. The third kappa shape index (κ3) is 4.53. The third-order valence-electron chi connectivity index (χ3n) is 6.62. The van der Waals surface area contributed by atoms with E-state index >= 15 is 0 Å². The van der Waals surface area contributed by atoms with E-state index in [0.29, 0.717) is 35.5 Å². The first-order valence-electron chi connectivity index (χ1n) is 11.8. The smallest absolute Gasteiger partial charge is 0.263 e. The normalized spacial score (nSPS) is 18.7. The molecule has 0 aliphatic carbocycles. The number of pyridine rings is 1. The first-order valence-corrected chi connectivity index (χ1v) is 11.8. The second-order valence-corrected chi connectivity index (χ2v) is 9.02. The van der Waals surface area contributed by atoms with Crippen LogP contribution in [0.2, 0.25) is 0 Å². The summed E-state index contributed by atoms with van der Waals surface area (Å²) in [6.45, 7) is 7.94. The first kappa shape index (κ1) is 22.5. The predicted octanol–water partition coefficient (Wildman–Crippen LogP) is 1.55. The summed E-state index contributed by atoms with van der Waals surface area (Å²) >= 11 is 0. The van der Waals surface area contributed by atoms with Gasteiger partial charge in [-0.15, -0.1) is 15.3 Å². The van der Waals surface area contributed by atoms with Crippen LogP contribution in [0.25, 0.3) is 11.5 Å². The summed E-state index contributed by atoms with van der Waals surface area (Å²) in [6.07, 6.45) is 3.71. The number of methoxy groups -OCH3 is 1. The van der Waals surface area contributed by atoms with Crippen molar-refractivity contribution < 1.29 is 9.53 Å². The molecule has 3 aromatic heterocycles. The van der Waals surface area contributed by atoms with Gasteiger partial charge in [-0.1, -0.05) is 6.07 Å². The number of carbonyl (C=O) groups excluding carboxylic acids is 1. The molecule has 0 unspecified atom stereocenters. The predicted molar refractivity (Wildman–Crippen MR) is 127 cm³/mol. The number of aromatic nitrogens is 6. The SMILES string of the molecule is COc1nn(CCN2CCN(C)CC2)cc1C(=O)Nc1cccc(-c2nnc3n2[C@@H](C)CC3)n1. The highest BCUT2D eigenvalue weighted by molar-refractivity contribution is 6.05. The molecule has 11 heteroatoms. The number of amides is 1. The van der Waals surface area contributed by atoms with E-state index in [2.05, 4.69) is 53.9 Å². The maximum absolute atomic E-state index is 13.1. The molecular formula is C23H31N9O2. The van der Waals surface area contributed by atoms with Crippen molar-refractivity contribution in [3.8, 4) is 17.4 Å². The van der Waals surface area contributed by atoms with Crippen LogP contribution in [0, 0.1) is 0 Å². The molecule has 0 bridgehead atoms. The van der Waals surface area contributed by atoms with Crippen molar-refractivity contribution in [3.63, 3.8) is 0 Å². The molecule has 34 heavy (non-hydrogen) atoms. The summed E-state index contributed by atoms with van der Waals surface area (Å²) in [5, 5.41) is 16.0. The Morgan fingerprint density at radius 1 is 1.18 bits per heavy atom. The van der Waals surface area contributed by atoms with Crippen LogP contribution < -0.4 is 10.1 Å². The van der Waals surface area contributed by atoms with E-state index in [0.717, 1.165) is 57.2 Å². The molecule has 3 aromatic rings. The van der Waals surface area contributed by atoms with Gasteiger partial charge in [0.2, 0.25) is 5.88 Å². The van der Waals surface area contributed by atoms with E-state index < -0.39 is 0 Å². The number of rotatable bonds is 7. The Kier molecular flexibility index (Phi) is 6.29. The number of aryl methyl sites for hydroxylation is 1. The average molecular weight is 466 g/mol. The van der Waals surface area contributed by atoms with Crippen molar-refractivity contribution in [3.05, 3.63) is 35.8 Å². The number of fused-ring (bicyclic) bond motifs is 1. The van der Waals surface area contributed by atoms with Crippen molar-refractivity contribution in [2.45, 2.75) is 32.4 Å². The maximum atomic E-state index is 13.1. The van der Waals surface area contributed by atoms with Crippen LogP contribution in [0.15, 0.2) is 24.4 Å². The Bertz CT molecular complexity index is 1160. The fraction of sp³-hybridized carbons (Fsp3) is 0.522. The molecule has 1 saturated heterocycles. The van der Waals surface area contributed by atoms with Crippen molar-refractivity contribution in [2.24, 2.45) is 0 Å². The zero-order valence-corrected chi connectivity index (χ0v) is 19.9. The highest BCUT2D eigenvalue weighted by atomic mass is 16.5. The zero-order chi connectivity index (χ0) is 23.7. The van der Waals surface area contributed by atoms with Gasteiger partial charge in [0, 0.05) is 51.4 Å². The van der Waals surface area contributed by atoms with Gasteiger partial charge in [0.25, 0.3) is 5.91 Å². The molecule has 1 N–H and O–H groups in total. The molecule has 2 aliphatic heterocycles. The van der Waals surface area contributed by atoms with E-state index in [1.165, 1.54) is 7.11 Å². The molecule has 1 amide bonds. The number of nitrogens with zero attached hydrogens (tertiary/aromatic N) is 8. The standard InChI is InChI=1S/C23H31N9O2/c1-16-7-8-20-26-27-21(32(16)20)18-5-4-6-19(24-18)25-22(33)17-15-31(28-23(17)34-3)14-13-30-11-9-29(2)10-12-30/h4-6,15-16H,7-14H2,1-3H3,(H,24,25,33)/t16-/m0/s1. The van der Waals surface area contributed by atoms with Crippen LogP contribution in [0.3, 0.4) is 0 Å². The van der Waals surface area contributed by atoms with E-state index in [4.69, 9.17) is 4.74 Å². The van der Waals surface area contributed by atoms with Gasteiger partial charge in [0.05, 0.1) is 13.7 Å². The van der Waals surface area contributed by atoms with Gasteiger partial charge in [0.15, 0.2) is 5.82 Å². The summed E-state index contributed by atoms with van der Waals surface area (Å²) in [6, 6.07) is 5.84. The Labute approximate surface area is 198 Å². The lowest BCUT2D eigenvalue weighted by Gasteiger charge is -2.32. The van der Waals surface area contributed by atoms with E-state index in [-0.39, 0.29) is 5.91 Å². The third-order valence-corrected chi connectivity index (χ3v) is 6.62. The molecule has 0 aromatic carbocycles. The van der Waals surface area contributed by atoms with Gasteiger partial charge in [0.1, 0.15) is 22.9 Å². The largest absolute Gasteiger partial charge is 0.479 e. The van der Waals surface area contributed by atoms with Crippen LogP contribution >= 0.6 is 0 Å². The minimum Gasteiger partial charge on any atom is -0.479 e. The topological polar surface area (TPSA) is 106 Å². The van der Waals surface area contributed by atoms with Crippen molar-refractivity contribution in [1.29, 1.82) is 0 Å². The Morgan fingerprint density at radius 2 is 2.00 bits per heavy atom. The molecule has 2 aliphatic rings. The van der Waals surface area contributed by atoms with Crippen LogP contribution in [0.4, 0.5) is 5.82 Å². The first-order chi connectivity index (χ1) is 16.5. The van der Waals surface area contributed by atoms with Crippen LogP contribution in [0.1, 0.15) is 35.6 Å². The summed E-state index contributed by atoms with van der Waals surface area (Å²) in [7, 11) is 3.67. The molecule has 5 rings (SSSR count). The molecule has 1 atom stereocenters. The molecule has 0 saturated carbocycles. The fourth-order valence-electron chi connectivity index (χ4n) is 4.55. The summed E-state index contributed by atoms with van der Waals surface area (Å²) in [4.78, 5) is 22.4. The van der Waals surface area contributed by atoms with Gasteiger partial charge < -0.3 is 19.5 Å². The van der Waals surface area contributed by atoms with Crippen LogP contribution in [-0.4, -0.2) is 92.1 Å². The lowest BCUT2D eigenvalue weighted by Crippen LogP contribution is -2.45. The number of likely N-dealkylation sites (N-methyl/N-ethyl adjacent to an activating group) is 1. The lowest BCUT2D eigenvalue weighted by molar-refractivity contribution is 0.102. The van der Waals surface area contributed by atoms with E-state index in [1.54, 1.807) is 16.9 Å². The fourth-order valence-corrected chi connectivity index (χ4v) is 4.55. The summed E-state index contributed by atoms with van der Waals surface area (Å²) < 4.78 is 9.28. The van der Waals surface area contributed by atoms with Gasteiger partial charge in [-0.05, 0) is 32.5 Å². The Balaban J connectivity index is 1.28. The molecular weight excluding hydrogens is 434 g/mol. The molecule has 180 valence electrons. The number of piperazine rings is 1.